The van der Waals surface area contributed by atoms with Gasteiger partial charge in [0.2, 0.25) is 0 Å². The molecule has 3 heterocycles. The predicted molar refractivity (Wildman–Crippen MR) is 241 cm³/mol. The molecular weight excluding hydrogens is 691 g/mol. The standard InChI is InChI=1S/C54H39N3/c1-3-12-36(13-4-1)37-22-27-41(28-23-37)55(43-31-33-52-49(35-43)48-19-11-18-47-45-17-8-10-21-51(45)57(52)54(47)48)42-29-24-38(25-30-42)39-26-32-46-44-16-7-9-20-50(44)56(53(46)34-39)40-14-5-2-6-15-40/h1-3,5-12,14-22,24-27,29-35H,4,13,23,28H2. The van der Waals surface area contributed by atoms with Gasteiger partial charge >= 0.3 is 0 Å². The molecular formula is C54H39N3. The molecule has 0 radical (unpaired) electrons. The van der Waals surface area contributed by atoms with Gasteiger partial charge in [0.1, 0.15) is 0 Å². The molecule has 0 spiro atoms. The maximum Gasteiger partial charge on any atom is 0.0620 e. The van der Waals surface area contributed by atoms with Crippen LogP contribution in [0.15, 0.2) is 205 Å². The lowest BCUT2D eigenvalue weighted by Crippen LogP contribution is -2.18. The summed E-state index contributed by atoms with van der Waals surface area (Å²) in [4.78, 5) is 2.49. The highest BCUT2D eigenvalue weighted by atomic mass is 15.1. The molecule has 2 aliphatic carbocycles. The molecule has 3 aromatic heterocycles. The molecule has 12 rings (SSSR count). The molecule has 0 saturated heterocycles. The van der Waals surface area contributed by atoms with E-state index in [9.17, 15) is 0 Å². The normalized spacial score (nSPS) is 14.6. The van der Waals surface area contributed by atoms with Crippen LogP contribution in [0, 0.1) is 0 Å². The molecule has 0 fully saturated rings. The molecule has 3 heteroatoms. The summed E-state index contributed by atoms with van der Waals surface area (Å²) in [5.74, 6) is 0. The van der Waals surface area contributed by atoms with Crippen molar-refractivity contribution in [2.75, 3.05) is 4.90 Å². The lowest BCUT2D eigenvalue weighted by atomic mass is 9.90. The van der Waals surface area contributed by atoms with Crippen LogP contribution in [0.25, 0.3) is 76.7 Å². The number of fused-ring (bicyclic) bond motifs is 9. The van der Waals surface area contributed by atoms with Crippen molar-refractivity contribution >= 4 is 71.3 Å². The van der Waals surface area contributed by atoms with Gasteiger partial charge in [-0.2, -0.15) is 0 Å². The highest BCUT2D eigenvalue weighted by molar-refractivity contribution is 6.23. The summed E-state index contributed by atoms with van der Waals surface area (Å²) >= 11 is 0. The van der Waals surface area contributed by atoms with Crippen LogP contribution in [0.1, 0.15) is 25.7 Å². The van der Waals surface area contributed by atoms with E-state index in [1.165, 1.54) is 105 Å². The minimum Gasteiger partial charge on any atom is -0.314 e. The molecule has 7 aromatic carbocycles. The Balaban J connectivity index is 0.992. The van der Waals surface area contributed by atoms with Crippen molar-refractivity contribution < 1.29 is 0 Å². The van der Waals surface area contributed by atoms with Crippen LogP contribution in [0.3, 0.4) is 0 Å². The molecule has 0 saturated carbocycles. The van der Waals surface area contributed by atoms with Crippen LogP contribution < -0.4 is 4.90 Å². The molecule has 10 aromatic rings. The fourth-order valence-corrected chi connectivity index (χ4v) is 9.80. The predicted octanol–water partition coefficient (Wildman–Crippen LogP) is 14.6. The van der Waals surface area contributed by atoms with Crippen LogP contribution >= 0.6 is 0 Å². The first kappa shape index (κ1) is 32.2. The molecule has 2 aliphatic rings. The van der Waals surface area contributed by atoms with Crippen molar-refractivity contribution in [2.24, 2.45) is 0 Å². The van der Waals surface area contributed by atoms with Crippen molar-refractivity contribution in [1.82, 2.24) is 8.97 Å². The number of para-hydroxylation sites is 4. The second kappa shape index (κ2) is 12.7. The van der Waals surface area contributed by atoms with E-state index in [2.05, 4.69) is 202 Å². The van der Waals surface area contributed by atoms with Crippen molar-refractivity contribution in [3.8, 4) is 16.8 Å². The summed E-state index contributed by atoms with van der Waals surface area (Å²) in [6, 6.07) is 58.3. The van der Waals surface area contributed by atoms with Gasteiger partial charge in [0.05, 0.1) is 27.6 Å². The highest BCUT2D eigenvalue weighted by Gasteiger charge is 2.22. The Hall–Kier alpha value is -7.10. The summed E-state index contributed by atoms with van der Waals surface area (Å²) in [6.45, 7) is 0. The fraction of sp³-hybridized carbons (Fsp3) is 0.0741. The van der Waals surface area contributed by atoms with E-state index in [1.807, 2.05) is 0 Å². The third-order valence-electron chi connectivity index (χ3n) is 12.5. The number of hydrogen-bond acceptors (Lipinski definition) is 1. The van der Waals surface area contributed by atoms with E-state index in [4.69, 9.17) is 0 Å². The first-order chi connectivity index (χ1) is 28.3. The average Bonchev–Trinajstić information content (AvgIpc) is 3.92. The number of hydrogen-bond donors (Lipinski definition) is 0. The molecule has 0 unspecified atom stereocenters. The van der Waals surface area contributed by atoms with Crippen LogP contribution in [-0.4, -0.2) is 8.97 Å². The van der Waals surface area contributed by atoms with E-state index in [0.717, 1.165) is 25.7 Å². The molecule has 0 bridgehead atoms. The molecule has 0 amide bonds. The second-order valence-corrected chi connectivity index (χ2v) is 15.6. The zero-order chi connectivity index (χ0) is 37.5. The lowest BCUT2D eigenvalue weighted by molar-refractivity contribution is 0.851. The maximum absolute atomic E-state index is 2.49. The third-order valence-corrected chi connectivity index (χ3v) is 12.5. The van der Waals surface area contributed by atoms with Crippen molar-refractivity contribution in [3.05, 3.63) is 205 Å². The molecule has 0 N–H and O–H groups in total. The van der Waals surface area contributed by atoms with Crippen LogP contribution in [-0.2, 0) is 0 Å². The van der Waals surface area contributed by atoms with Gasteiger partial charge in [-0.25, -0.2) is 0 Å². The third kappa shape index (κ3) is 4.98. The van der Waals surface area contributed by atoms with E-state index < -0.39 is 0 Å². The number of aromatic nitrogens is 2. The number of allylic oxidation sites excluding steroid dienone is 8. The molecule has 0 atom stereocenters. The number of anilines is 2. The van der Waals surface area contributed by atoms with Crippen LogP contribution in [0.5, 0.6) is 0 Å². The Morgan fingerprint density at radius 2 is 1.09 bits per heavy atom. The second-order valence-electron chi connectivity index (χ2n) is 15.6. The SMILES string of the molecule is C1=CCCC(C2=CC=C(N(c3ccc(-c4ccc5c6ccccc6n(-c6ccccc6)c5c4)cc3)c3ccc4c(c3)c3cccc5c6ccccc6n4c53)CC2)=C1. The fourth-order valence-electron chi connectivity index (χ4n) is 9.80. The summed E-state index contributed by atoms with van der Waals surface area (Å²) < 4.78 is 4.86. The van der Waals surface area contributed by atoms with Gasteiger partial charge in [-0.15, -0.1) is 0 Å². The van der Waals surface area contributed by atoms with E-state index in [1.54, 1.807) is 0 Å². The molecule has 57 heavy (non-hydrogen) atoms. The largest absolute Gasteiger partial charge is 0.314 e. The Morgan fingerprint density at radius 3 is 1.88 bits per heavy atom. The van der Waals surface area contributed by atoms with Crippen LogP contribution in [0.4, 0.5) is 11.4 Å². The molecule has 0 aliphatic heterocycles. The van der Waals surface area contributed by atoms with Crippen molar-refractivity contribution in [3.63, 3.8) is 0 Å². The van der Waals surface area contributed by atoms with Crippen molar-refractivity contribution in [1.29, 1.82) is 0 Å². The molecule has 270 valence electrons. The van der Waals surface area contributed by atoms with Gasteiger partial charge in [0.15, 0.2) is 0 Å². The summed E-state index contributed by atoms with van der Waals surface area (Å²) in [7, 11) is 0. The summed E-state index contributed by atoms with van der Waals surface area (Å²) in [6.07, 6.45) is 15.8. The van der Waals surface area contributed by atoms with E-state index in [-0.39, 0.29) is 0 Å². The average molecular weight is 730 g/mol. The van der Waals surface area contributed by atoms with Gasteiger partial charge in [-0.1, -0.05) is 121 Å². The molecule has 3 nitrogen and oxygen atoms in total. The van der Waals surface area contributed by atoms with Crippen molar-refractivity contribution in [2.45, 2.75) is 25.7 Å². The minimum absolute atomic E-state index is 0.979. The van der Waals surface area contributed by atoms with E-state index in [0.29, 0.717) is 0 Å². The maximum atomic E-state index is 2.49. The van der Waals surface area contributed by atoms with Gasteiger partial charge in [0.25, 0.3) is 0 Å². The highest BCUT2D eigenvalue weighted by Crippen LogP contribution is 2.43. The van der Waals surface area contributed by atoms with Gasteiger partial charge in [-0.3, -0.25) is 0 Å². The number of benzene rings is 7. The van der Waals surface area contributed by atoms with E-state index >= 15 is 0 Å². The van der Waals surface area contributed by atoms with Gasteiger partial charge in [0, 0.05) is 55.1 Å². The quantitative estimate of drug-likeness (QED) is 0.166. The monoisotopic (exact) mass is 729 g/mol. The first-order valence-electron chi connectivity index (χ1n) is 20.2. The summed E-state index contributed by atoms with van der Waals surface area (Å²) in [5, 5.41) is 7.75. The Bertz CT molecular complexity index is 3330. The Kier molecular flexibility index (Phi) is 7.18. The van der Waals surface area contributed by atoms with Gasteiger partial charge in [-0.05, 0) is 115 Å². The Morgan fingerprint density at radius 1 is 0.421 bits per heavy atom. The topological polar surface area (TPSA) is 12.6 Å². The smallest absolute Gasteiger partial charge is 0.0620 e. The number of rotatable bonds is 6. The minimum atomic E-state index is 0.979. The zero-order valence-electron chi connectivity index (χ0n) is 31.6. The first-order valence-corrected chi connectivity index (χ1v) is 20.2. The lowest BCUT2D eigenvalue weighted by Gasteiger charge is -2.30. The number of nitrogens with zero attached hydrogens (tertiary/aromatic N) is 3. The Labute approximate surface area is 331 Å². The van der Waals surface area contributed by atoms with Crippen LogP contribution in [0.2, 0.25) is 0 Å². The summed E-state index contributed by atoms with van der Waals surface area (Å²) in [5.41, 5.74) is 16.5. The van der Waals surface area contributed by atoms with Gasteiger partial charge < -0.3 is 13.9 Å². The zero-order valence-corrected chi connectivity index (χ0v) is 31.6.